The third kappa shape index (κ3) is 2.90. The fraction of sp³-hybridized carbons (Fsp3) is 0.250. The number of hydrogen-bond donors (Lipinski definition) is 2. The predicted molar refractivity (Wildman–Crippen MR) is 100 cm³/mol. The van der Waals surface area contributed by atoms with Crippen molar-refractivity contribution >= 4 is 50.2 Å². The van der Waals surface area contributed by atoms with Crippen LogP contribution in [0.15, 0.2) is 16.7 Å². The standard InChI is InChI=1S/C16H17N5OS2/c1-7-5-8(2)19-16-11(7)12(17)14(24-16)15(22)21-20-10(4)13-9(3)18-6-23-13/h5-6H,17H2,1-4H3,(H,21,22). The lowest BCUT2D eigenvalue weighted by molar-refractivity contribution is 0.0959. The number of nitrogens with one attached hydrogen (secondary N) is 1. The van der Waals surface area contributed by atoms with Crippen molar-refractivity contribution in [1.82, 2.24) is 15.4 Å². The van der Waals surface area contributed by atoms with Crippen molar-refractivity contribution in [1.29, 1.82) is 0 Å². The molecule has 6 nitrogen and oxygen atoms in total. The van der Waals surface area contributed by atoms with Crippen LogP contribution < -0.4 is 11.2 Å². The lowest BCUT2D eigenvalue weighted by Gasteiger charge is -2.02. The molecule has 0 fully saturated rings. The normalized spacial score (nSPS) is 11.9. The van der Waals surface area contributed by atoms with Crippen molar-refractivity contribution in [3.63, 3.8) is 0 Å². The summed E-state index contributed by atoms with van der Waals surface area (Å²) in [6, 6.07) is 1.96. The second-order valence-electron chi connectivity index (χ2n) is 5.51. The van der Waals surface area contributed by atoms with Gasteiger partial charge in [0.15, 0.2) is 0 Å². The zero-order chi connectivity index (χ0) is 17.4. The van der Waals surface area contributed by atoms with Gasteiger partial charge in [-0.2, -0.15) is 5.10 Å². The van der Waals surface area contributed by atoms with Crippen LogP contribution in [-0.2, 0) is 0 Å². The predicted octanol–water partition coefficient (Wildman–Crippen LogP) is 3.41. The van der Waals surface area contributed by atoms with E-state index < -0.39 is 0 Å². The van der Waals surface area contributed by atoms with Crippen LogP contribution in [0.4, 0.5) is 5.69 Å². The molecule has 0 atom stereocenters. The van der Waals surface area contributed by atoms with Gasteiger partial charge in [0, 0.05) is 11.1 Å². The molecule has 0 radical (unpaired) electrons. The molecule has 3 rings (SSSR count). The summed E-state index contributed by atoms with van der Waals surface area (Å²) in [5.41, 5.74) is 14.5. The zero-order valence-electron chi connectivity index (χ0n) is 13.8. The van der Waals surface area contributed by atoms with Gasteiger partial charge in [-0.25, -0.2) is 15.4 Å². The lowest BCUT2D eigenvalue weighted by atomic mass is 10.1. The van der Waals surface area contributed by atoms with Crippen molar-refractivity contribution < 1.29 is 4.79 Å². The SMILES string of the molecule is CC(=NNC(=O)c1sc2nc(C)cc(C)c2c1N)c1scnc1C. The molecule has 0 aromatic carbocycles. The number of fused-ring (bicyclic) bond motifs is 1. The molecule has 0 saturated carbocycles. The van der Waals surface area contributed by atoms with Crippen molar-refractivity contribution in [2.45, 2.75) is 27.7 Å². The van der Waals surface area contributed by atoms with Crippen LogP contribution in [0.3, 0.4) is 0 Å². The Balaban J connectivity index is 1.91. The van der Waals surface area contributed by atoms with E-state index in [-0.39, 0.29) is 5.91 Å². The van der Waals surface area contributed by atoms with E-state index >= 15 is 0 Å². The highest BCUT2D eigenvalue weighted by atomic mass is 32.1. The summed E-state index contributed by atoms with van der Waals surface area (Å²) in [4.78, 5) is 23.3. The second-order valence-corrected chi connectivity index (χ2v) is 7.36. The van der Waals surface area contributed by atoms with E-state index in [2.05, 4.69) is 20.5 Å². The van der Waals surface area contributed by atoms with Gasteiger partial charge in [0.2, 0.25) is 0 Å². The van der Waals surface area contributed by atoms with Crippen LogP contribution in [0.2, 0.25) is 0 Å². The van der Waals surface area contributed by atoms with E-state index in [1.165, 1.54) is 22.7 Å². The number of nitrogens with zero attached hydrogens (tertiary/aromatic N) is 3. The Morgan fingerprint density at radius 3 is 2.71 bits per heavy atom. The van der Waals surface area contributed by atoms with Crippen molar-refractivity contribution in [3.05, 3.63) is 38.3 Å². The quantitative estimate of drug-likeness (QED) is 0.553. The highest BCUT2D eigenvalue weighted by molar-refractivity contribution is 7.21. The number of nitrogen functional groups attached to an aromatic ring is 1. The first-order chi connectivity index (χ1) is 11.4. The highest BCUT2D eigenvalue weighted by Gasteiger charge is 2.19. The van der Waals surface area contributed by atoms with E-state index in [9.17, 15) is 4.79 Å². The number of aryl methyl sites for hydroxylation is 3. The second kappa shape index (κ2) is 6.29. The molecule has 0 spiro atoms. The maximum atomic E-state index is 12.5. The smallest absolute Gasteiger partial charge is 0.283 e. The third-order valence-electron chi connectivity index (χ3n) is 3.63. The Bertz CT molecular complexity index is 970. The van der Waals surface area contributed by atoms with Gasteiger partial charge in [-0.15, -0.1) is 22.7 Å². The number of thiophene rings is 1. The number of thiazole rings is 1. The molecule has 0 bridgehead atoms. The molecule has 24 heavy (non-hydrogen) atoms. The Morgan fingerprint density at radius 2 is 2.04 bits per heavy atom. The number of carbonyl (C=O) groups excluding carboxylic acids is 1. The zero-order valence-corrected chi connectivity index (χ0v) is 15.4. The molecule has 3 aromatic rings. The molecule has 124 valence electrons. The fourth-order valence-electron chi connectivity index (χ4n) is 2.52. The van der Waals surface area contributed by atoms with Crippen LogP contribution in [-0.4, -0.2) is 21.6 Å². The van der Waals surface area contributed by atoms with Crippen LogP contribution in [0.1, 0.15) is 38.4 Å². The van der Waals surface area contributed by atoms with E-state index in [0.717, 1.165) is 32.0 Å². The van der Waals surface area contributed by atoms with Gasteiger partial charge in [-0.1, -0.05) is 0 Å². The summed E-state index contributed by atoms with van der Waals surface area (Å²) in [6.45, 7) is 7.64. The minimum Gasteiger partial charge on any atom is -0.397 e. The van der Waals surface area contributed by atoms with Crippen LogP contribution in [0, 0.1) is 20.8 Å². The van der Waals surface area contributed by atoms with Gasteiger partial charge < -0.3 is 5.73 Å². The van der Waals surface area contributed by atoms with E-state index in [1.54, 1.807) is 5.51 Å². The first-order valence-electron chi connectivity index (χ1n) is 7.29. The van der Waals surface area contributed by atoms with Crippen LogP contribution in [0.5, 0.6) is 0 Å². The monoisotopic (exact) mass is 359 g/mol. The Kier molecular flexibility index (Phi) is 4.33. The van der Waals surface area contributed by atoms with E-state index in [1.807, 2.05) is 33.8 Å². The largest absolute Gasteiger partial charge is 0.397 e. The molecule has 3 N–H and O–H groups in total. The average Bonchev–Trinajstić information content (AvgIpc) is 3.08. The number of anilines is 1. The number of nitrogens with two attached hydrogens (primary N) is 1. The number of aromatic nitrogens is 2. The number of hydrazone groups is 1. The van der Waals surface area contributed by atoms with Crippen molar-refractivity contribution in [2.75, 3.05) is 5.73 Å². The maximum absolute atomic E-state index is 12.5. The Morgan fingerprint density at radius 1 is 1.29 bits per heavy atom. The number of pyridine rings is 1. The molecule has 0 saturated heterocycles. The topological polar surface area (TPSA) is 93.3 Å². The number of rotatable bonds is 3. The number of hydrogen-bond acceptors (Lipinski definition) is 7. The van der Waals surface area contributed by atoms with Gasteiger partial charge in [-0.05, 0) is 39.3 Å². The Labute approximate surface area is 147 Å². The third-order valence-corrected chi connectivity index (χ3v) is 5.77. The number of amides is 1. The van der Waals surface area contributed by atoms with Crippen LogP contribution >= 0.6 is 22.7 Å². The first-order valence-corrected chi connectivity index (χ1v) is 8.99. The van der Waals surface area contributed by atoms with Gasteiger partial charge in [0.25, 0.3) is 5.91 Å². The molecule has 3 heterocycles. The lowest BCUT2D eigenvalue weighted by Crippen LogP contribution is -2.19. The van der Waals surface area contributed by atoms with Gasteiger partial charge in [-0.3, -0.25) is 4.79 Å². The first kappa shape index (κ1) is 16.5. The fourth-order valence-corrected chi connectivity index (χ4v) is 4.39. The summed E-state index contributed by atoms with van der Waals surface area (Å²) >= 11 is 2.78. The molecular formula is C16H17N5OS2. The summed E-state index contributed by atoms with van der Waals surface area (Å²) < 4.78 is 0. The molecule has 3 aromatic heterocycles. The van der Waals surface area contributed by atoms with E-state index in [4.69, 9.17) is 5.73 Å². The van der Waals surface area contributed by atoms with E-state index in [0.29, 0.717) is 16.3 Å². The summed E-state index contributed by atoms with van der Waals surface area (Å²) in [5.74, 6) is -0.325. The minimum atomic E-state index is -0.325. The molecule has 1 amide bonds. The average molecular weight is 359 g/mol. The molecule has 8 heteroatoms. The molecular weight excluding hydrogens is 342 g/mol. The van der Waals surface area contributed by atoms with Gasteiger partial charge >= 0.3 is 0 Å². The number of carbonyl (C=O) groups is 1. The Hall–Kier alpha value is -2.32. The molecule has 0 aliphatic rings. The molecule has 0 aliphatic carbocycles. The minimum absolute atomic E-state index is 0.325. The molecule has 0 unspecified atom stereocenters. The summed E-state index contributed by atoms with van der Waals surface area (Å²) in [6.07, 6.45) is 0. The summed E-state index contributed by atoms with van der Waals surface area (Å²) in [7, 11) is 0. The van der Waals surface area contributed by atoms with Crippen LogP contribution in [0.25, 0.3) is 10.2 Å². The van der Waals surface area contributed by atoms with Crippen molar-refractivity contribution in [3.8, 4) is 0 Å². The summed E-state index contributed by atoms with van der Waals surface area (Å²) in [5, 5.41) is 5.02. The maximum Gasteiger partial charge on any atom is 0.283 e. The highest BCUT2D eigenvalue weighted by Crippen LogP contribution is 2.34. The molecule has 0 aliphatic heterocycles. The van der Waals surface area contributed by atoms with Crippen molar-refractivity contribution in [2.24, 2.45) is 5.10 Å². The van der Waals surface area contributed by atoms with Gasteiger partial charge in [0.1, 0.15) is 9.71 Å². The van der Waals surface area contributed by atoms with Gasteiger partial charge in [0.05, 0.1) is 27.5 Å².